The van der Waals surface area contributed by atoms with E-state index in [0.717, 1.165) is 11.1 Å². The average Bonchev–Trinajstić information content (AvgIpc) is 2.97. The van der Waals surface area contributed by atoms with E-state index in [-0.39, 0.29) is 28.6 Å². The smallest absolute Gasteiger partial charge is 0.338 e. The summed E-state index contributed by atoms with van der Waals surface area (Å²) in [7, 11) is 0. The number of carbonyl (C=O) groups excluding carboxylic acids is 4. The minimum atomic E-state index is -0.740. The fourth-order valence-corrected chi connectivity index (χ4v) is 3.32. The monoisotopic (exact) mass is 408 g/mol. The van der Waals surface area contributed by atoms with Crippen LogP contribution in [-0.2, 0) is 9.53 Å². The zero-order chi connectivity index (χ0) is 22.0. The van der Waals surface area contributed by atoms with Gasteiger partial charge in [0.15, 0.2) is 6.61 Å². The molecule has 0 fully saturated rings. The van der Waals surface area contributed by atoms with Crippen molar-refractivity contribution in [2.45, 2.75) is 40.2 Å². The average molecular weight is 408 g/mol. The molecule has 0 saturated heterocycles. The van der Waals surface area contributed by atoms with Crippen LogP contribution in [0, 0.1) is 13.8 Å². The number of aryl methyl sites for hydroxylation is 2. The van der Waals surface area contributed by atoms with E-state index in [2.05, 4.69) is 5.32 Å². The van der Waals surface area contributed by atoms with Crippen LogP contribution >= 0.6 is 0 Å². The molecule has 1 heterocycles. The van der Waals surface area contributed by atoms with Gasteiger partial charge in [0.25, 0.3) is 17.7 Å². The van der Waals surface area contributed by atoms with Gasteiger partial charge in [-0.3, -0.25) is 19.3 Å². The number of nitrogens with one attached hydrogen (secondary N) is 1. The summed E-state index contributed by atoms with van der Waals surface area (Å²) < 4.78 is 5.08. The number of rotatable bonds is 6. The van der Waals surface area contributed by atoms with Crippen LogP contribution in [-0.4, -0.2) is 41.2 Å². The maximum atomic E-state index is 12.6. The third-order valence-corrected chi connectivity index (χ3v) is 5.18. The molecule has 2 aromatic rings. The molecule has 0 aromatic heterocycles. The highest BCUT2D eigenvalue weighted by Gasteiger charge is 2.38. The Kier molecular flexibility index (Phi) is 6.01. The van der Waals surface area contributed by atoms with Crippen molar-refractivity contribution in [3.05, 3.63) is 64.2 Å². The highest BCUT2D eigenvalue weighted by molar-refractivity contribution is 6.22. The number of imide groups is 1. The predicted molar refractivity (Wildman–Crippen MR) is 112 cm³/mol. The quantitative estimate of drug-likeness (QED) is 0.583. The highest BCUT2D eigenvalue weighted by atomic mass is 16.5. The Morgan fingerprint density at radius 1 is 1.03 bits per heavy atom. The Labute approximate surface area is 175 Å². The van der Waals surface area contributed by atoms with Gasteiger partial charge >= 0.3 is 5.97 Å². The van der Waals surface area contributed by atoms with Crippen LogP contribution in [0.1, 0.15) is 62.5 Å². The SMILES string of the molecule is CCC(C)N1C(=O)c2ccc(C(=O)OCC(=O)Nc3ccc(C)cc3C)cc2C1=O. The molecule has 7 nitrogen and oxygen atoms in total. The Morgan fingerprint density at radius 2 is 1.73 bits per heavy atom. The number of amides is 3. The molecule has 1 unspecified atom stereocenters. The van der Waals surface area contributed by atoms with E-state index in [4.69, 9.17) is 4.74 Å². The van der Waals surface area contributed by atoms with Crippen LogP contribution < -0.4 is 5.32 Å². The molecule has 1 aliphatic rings. The molecular weight excluding hydrogens is 384 g/mol. The Balaban J connectivity index is 1.66. The first kappa shape index (κ1) is 21.2. The van der Waals surface area contributed by atoms with Gasteiger partial charge in [-0.25, -0.2) is 4.79 Å². The number of benzene rings is 2. The Hall–Kier alpha value is -3.48. The minimum Gasteiger partial charge on any atom is -0.452 e. The number of ether oxygens (including phenoxy) is 1. The lowest BCUT2D eigenvalue weighted by Gasteiger charge is -2.20. The Bertz CT molecular complexity index is 1040. The van der Waals surface area contributed by atoms with Crippen molar-refractivity contribution in [1.29, 1.82) is 0 Å². The first-order chi connectivity index (χ1) is 14.2. The van der Waals surface area contributed by atoms with Crippen molar-refractivity contribution >= 4 is 29.4 Å². The van der Waals surface area contributed by atoms with E-state index in [1.165, 1.54) is 23.1 Å². The zero-order valence-electron chi connectivity index (χ0n) is 17.4. The minimum absolute atomic E-state index is 0.111. The van der Waals surface area contributed by atoms with E-state index in [1.807, 2.05) is 32.9 Å². The van der Waals surface area contributed by atoms with Gasteiger partial charge < -0.3 is 10.1 Å². The largest absolute Gasteiger partial charge is 0.452 e. The van der Waals surface area contributed by atoms with E-state index in [1.54, 1.807) is 13.0 Å². The van der Waals surface area contributed by atoms with Gasteiger partial charge in [-0.2, -0.15) is 0 Å². The maximum absolute atomic E-state index is 12.6. The molecule has 30 heavy (non-hydrogen) atoms. The van der Waals surface area contributed by atoms with Gasteiger partial charge in [-0.05, 0) is 57.0 Å². The van der Waals surface area contributed by atoms with Crippen molar-refractivity contribution in [1.82, 2.24) is 4.90 Å². The lowest BCUT2D eigenvalue weighted by Crippen LogP contribution is -2.37. The maximum Gasteiger partial charge on any atom is 0.338 e. The Morgan fingerprint density at radius 3 is 2.40 bits per heavy atom. The molecular formula is C23H24N2O5. The molecule has 1 N–H and O–H groups in total. The van der Waals surface area contributed by atoms with E-state index in [0.29, 0.717) is 12.1 Å². The first-order valence-corrected chi connectivity index (χ1v) is 9.79. The van der Waals surface area contributed by atoms with E-state index < -0.39 is 24.4 Å². The normalized spacial score (nSPS) is 13.8. The second-order valence-corrected chi connectivity index (χ2v) is 7.44. The number of hydrogen-bond donors (Lipinski definition) is 1. The summed E-state index contributed by atoms with van der Waals surface area (Å²) in [4.78, 5) is 50.7. The first-order valence-electron chi connectivity index (χ1n) is 9.79. The number of hydrogen-bond acceptors (Lipinski definition) is 5. The number of anilines is 1. The fourth-order valence-electron chi connectivity index (χ4n) is 3.32. The summed E-state index contributed by atoms with van der Waals surface area (Å²) in [5.74, 6) is -2.00. The third-order valence-electron chi connectivity index (χ3n) is 5.18. The van der Waals surface area contributed by atoms with Crippen LogP contribution in [0.2, 0.25) is 0 Å². The molecule has 0 bridgehead atoms. The van der Waals surface area contributed by atoms with Gasteiger partial charge in [0.2, 0.25) is 0 Å². The standard InChI is InChI=1S/C23H24N2O5/c1-5-15(4)25-21(27)17-8-7-16(11-18(17)22(25)28)23(29)30-12-20(26)24-19-9-6-13(2)10-14(19)3/h6-11,15H,5,12H2,1-4H3,(H,24,26). The predicted octanol–water partition coefficient (Wildman–Crippen LogP) is 3.49. The van der Waals surface area contributed by atoms with Gasteiger partial charge in [-0.1, -0.05) is 24.6 Å². The summed E-state index contributed by atoms with van der Waals surface area (Å²) >= 11 is 0. The second-order valence-electron chi connectivity index (χ2n) is 7.44. The number of esters is 1. The van der Waals surface area contributed by atoms with Crippen LogP contribution in [0.15, 0.2) is 36.4 Å². The molecule has 0 saturated carbocycles. The van der Waals surface area contributed by atoms with E-state index >= 15 is 0 Å². The summed E-state index contributed by atoms with van der Waals surface area (Å²) in [5, 5.41) is 2.70. The fraction of sp³-hybridized carbons (Fsp3) is 0.304. The van der Waals surface area contributed by atoms with Crippen molar-refractivity contribution < 1.29 is 23.9 Å². The van der Waals surface area contributed by atoms with Gasteiger partial charge in [-0.15, -0.1) is 0 Å². The van der Waals surface area contributed by atoms with E-state index in [9.17, 15) is 19.2 Å². The van der Waals surface area contributed by atoms with Crippen LogP contribution in [0.3, 0.4) is 0 Å². The number of fused-ring (bicyclic) bond motifs is 1. The van der Waals surface area contributed by atoms with Gasteiger partial charge in [0.1, 0.15) is 0 Å². The molecule has 156 valence electrons. The molecule has 2 aromatic carbocycles. The van der Waals surface area contributed by atoms with Crippen LogP contribution in [0.25, 0.3) is 0 Å². The summed E-state index contributed by atoms with van der Waals surface area (Å²) in [6, 6.07) is 9.59. The molecule has 3 amide bonds. The van der Waals surface area contributed by atoms with Crippen LogP contribution in [0.5, 0.6) is 0 Å². The summed E-state index contributed by atoms with van der Waals surface area (Å²) in [6.07, 6.45) is 0.635. The van der Waals surface area contributed by atoms with Crippen molar-refractivity contribution in [2.75, 3.05) is 11.9 Å². The molecule has 1 aliphatic heterocycles. The van der Waals surface area contributed by atoms with Gasteiger partial charge in [0.05, 0.1) is 16.7 Å². The molecule has 3 rings (SSSR count). The third kappa shape index (κ3) is 4.10. The highest BCUT2D eigenvalue weighted by Crippen LogP contribution is 2.27. The number of carbonyl (C=O) groups is 4. The summed E-state index contributed by atoms with van der Waals surface area (Å²) in [6.45, 7) is 7.05. The topological polar surface area (TPSA) is 92.8 Å². The van der Waals surface area contributed by atoms with Crippen molar-refractivity contribution in [2.24, 2.45) is 0 Å². The van der Waals surface area contributed by atoms with Gasteiger partial charge in [0, 0.05) is 11.7 Å². The zero-order valence-corrected chi connectivity index (χ0v) is 17.4. The second kappa shape index (κ2) is 8.49. The molecule has 0 aliphatic carbocycles. The molecule has 1 atom stereocenters. The van der Waals surface area contributed by atoms with Crippen LogP contribution in [0.4, 0.5) is 5.69 Å². The molecule has 7 heteroatoms. The van der Waals surface area contributed by atoms with Crippen molar-refractivity contribution in [3.8, 4) is 0 Å². The molecule has 0 radical (unpaired) electrons. The molecule has 0 spiro atoms. The lowest BCUT2D eigenvalue weighted by atomic mass is 10.1. The van der Waals surface area contributed by atoms with Crippen molar-refractivity contribution in [3.63, 3.8) is 0 Å². The lowest BCUT2D eigenvalue weighted by molar-refractivity contribution is -0.119. The number of nitrogens with zero attached hydrogens (tertiary/aromatic N) is 1. The summed E-state index contributed by atoms with van der Waals surface area (Å²) in [5.41, 5.74) is 3.18.